The second-order valence-electron chi connectivity index (χ2n) is 4.31. The molecule has 0 unspecified atom stereocenters. The molecule has 3 nitrogen and oxygen atoms in total. The molecule has 0 atom stereocenters. The monoisotopic (exact) mass is 308 g/mol. The smallest absolute Gasteiger partial charge is 0.0952 e. The number of nitrogens with two attached hydrogens (primary N) is 1. The molecule has 4 heteroatoms. The van der Waals surface area contributed by atoms with E-state index >= 15 is 0 Å². The zero-order chi connectivity index (χ0) is 13.0. The molecule has 0 amide bonds. The molecule has 0 saturated carbocycles. The molecule has 1 heterocycles. The van der Waals surface area contributed by atoms with Gasteiger partial charge in [-0.2, -0.15) is 0 Å². The maximum absolute atomic E-state index is 5.56. The highest BCUT2D eigenvalue weighted by Gasteiger charge is 2.07. The zero-order valence-electron chi connectivity index (χ0n) is 10.4. The van der Waals surface area contributed by atoms with Gasteiger partial charge in [0.25, 0.3) is 0 Å². The Hall–Kier alpha value is -1.26. The van der Waals surface area contributed by atoms with Crippen LogP contribution in [0.4, 0.5) is 5.69 Å². The van der Waals surface area contributed by atoms with Gasteiger partial charge in [0.1, 0.15) is 0 Å². The van der Waals surface area contributed by atoms with Crippen LogP contribution in [0.2, 0.25) is 0 Å². The normalized spacial score (nSPS) is 10.6. The van der Waals surface area contributed by atoms with Crippen molar-refractivity contribution in [2.45, 2.75) is 13.0 Å². The van der Waals surface area contributed by atoms with Gasteiger partial charge in [0, 0.05) is 23.6 Å². The number of nitrogens with zero attached hydrogens (tertiary/aromatic N) is 1. The molecule has 2 rings (SSSR count). The fourth-order valence-electron chi connectivity index (χ4n) is 1.92. The number of hydrogen-bond donors (Lipinski definition) is 1. The van der Waals surface area contributed by atoms with E-state index in [-0.39, 0.29) is 0 Å². The number of benzene rings is 1. The zero-order valence-corrected chi connectivity index (χ0v) is 12.0. The largest absolute Gasteiger partial charge is 0.472 e. The van der Waals surface area contributed by atoms with Crippen LogP contribution in [0.25, 0.3) is 0 Å². The van der Waals surface area contributed by atoms with Crippen molar-refractivity contribution in [1.82, 2.24) is 0 Å². The van der Waals surface area contributed by atoms with Gasteiger partial charge in [0.15, 0.2) is 0 Å². The van der Waals surface area contributed by atoms with Crippen LogP contribution in [0.3, 0.4) is 0 Å². The highest BCUT2D eigenvalue weighted by molar-refractivity contribution is 9.10. The van der Waals surface area contributed by atoms with E-state index in [1.54, 1.807) is 12.5 Å². The first-order valence-corrected chi connectivity index (χ1v) is 6.70. The summed E-state index contributed by atoms with van der Waals surface area (Å²) in [6, 6.07) is 8.36. The first-order valence-electron chi connectivity index (χ1n) is 5.91. The molecule has 0 aliphatic heterocycles. The summed E-state index contributed by atoms with van der Waals surface area (Å²) in [7, 11) is 2.07. The van der Waals surface area contributed by atoms with Crippen LogP contribution in [0.15, 0.2) is 45.7 Å². The molecule has 18 heavy (non-hydrogen) atoms. The average molecular weight is 309 g/mol. The Morgan fingerprint density at radius 1 is 1.28 bits per heavy atom. The standard InChI is InChI=1S/C14H17BrN2O/c1-17(9-12-5-7-18-10-12)14-3-2-11(4-6-16)8-13(14)15/h2-3,5,7-8,10H,4,6,9,16H2,1H3. The molecular formula is C14H17BrN2O. The predicted octanol–water partition coefficient (Wildman–Crippen LogP) is 3.18. The van der Waals surface area contributed by atoms with Crippen molar-refractivity contribution in [2.24, 2.45) is 5.73 Å². The number of anilines is 1. The summed E-state index contributed by atoms with van der Waals surface area (Å²) in [6.45, 7) is 1.50. The molecule has 0 bridgehead atoms. The van der Waals surface area contributed by atoms with Crippen molar-refractivity contribution in [3.8, 4) is 0 Å². The van der Waals surface area contributed by atoms with E-state index in [1.165, 1.54) is 5.56 Å². The first-order chi connectivity index (χ1) is 8.70. The van der Waals surface area contributed by atoms with Gasteiger partial charge in [-0.3, -0.25) is 0 Å². The molecule has 1 aromatic carbocycles. The van der Waals surface area contributed by atoms with E-state index in [9.17, 15) is 0 Å². The summed E-state index contributed by atoms with van der Waals surface area (Å²) in [6.07, 6.45) is 4.38. The SMILES string of the molecule is CN(Cc1ccoc1)c1ccc(CCN)cc1Br. The Morgan fingerprint density at radius 2 is 2.11 bits per heavy atom. The van der Waals surface area contributed by atoms with Crippen LogP contribution >= 0.6 is 15.9 Å². The fourth-order valence-corrected chi connectivity index (χ4v) is 2.65. The molecule has 0 aliphatic carbocycles. The molecule has 2 N–H and O–H groups in total. The van der Waals surface area contributed by atoms with Gasteiger partial charge in [-0.1, -0.05) is 6.07 Å². The Bertz CT molecular complexity index is 497. The molecule has 0 radical (unpaired) electrons. The fraction of sp³-hybridized carbons (Fsp3) is 0.286. The minimum Gasteiger partial charge on any atom is -0.472 e. The van der Waals surface area contributed by atoms with Crippen molar-refractivity contribution in [2.75, 3.05) is 18.5 Å². The summed E-state index contributed by atoms with van der Waals surface area (Å²) in [5.41, 5.74) is 9.14. The van der Waals surface area contributed by atoms with Crippen molar-refractivity contribution in [3.05, 3.63) is 52.4 Å². The van der Waals surface area contributed by atoms with Gasteiger partial charge < -0.3 is 15.1 Å². The van der Waals surface area contributed by atoms with E-state index in [4.69, 9.17) is 10.2 Å². The van der Waals surface area contributed by atoms with Crippen molar-refractivity contribution in [1.29, 1.82) is 0 Å². The van der Waals surface area contributed by atoms with E-state index in [2.05, 4.69) is 46.1 Å². The summed E-state index contributed by atoms with van der Waals surface area (Å²) in [4.78, 5) is 2.18. The summed E-state index contributed by atoms with van der Waals surface area (Å²) < 4.78 is 6.18. The Morgan fingerprint density at radius 3 is 2.72 bits per heavy atom. The van der Waals surface area contributed by atoms with Gasteiger partial charge >= 0.3 is 0 Å². The van der Waals surface area contributed by atoms with E-state index < -0.39 is 0 Å². The van der Waals surface area contributed by atoms with Gasteiger partial charge in [0.2, 0.25) is 0 Å². The predicted molar refractivity (Wildman–Crippen MR) is 77.7 cm³/mol. The van der Waals surface area contributed by atoms with Crippen LogP contribution in [-0.2, 0) is 13.0 Å². The third-order valence-corrected chi connectivity index (χ3v) is 3.49. The highest BCUT2D eigenvalue weighted by atomic mass is 79.9. The minimum atomic E-state index is 0.677. The third-order valence-electron chi connectivity index (χ3n) is 2.86. The van der Waals surface area contributed by atoms with Crippen molar-refractivity contribution in [3.63, 3.8) is 0 Å². The third kappa shape index (κ3) is 3.15. The molecule has 0 spiro atoms. The molecule has 2 aromatic rings. The lowest BCUT2D eigenvalue weighted by Crippen LogP contribution is -2.16. The molecular weight excluding hydrogens is 292 g/mol. The van der Waals surface area contributed by atoms with Crippen LogP contribution in [0.1, 0.15) is 11.1 Å². The van der Waals surface area contributed by atoms with Crippen LogP contribution < -0.4 is 10.6 Å². The lowest BCUT2D eigenvalue weighted by Gasteiger charge is -2.20. The van der Waals surface area contributed by atoms with Crippen LogP contribution in [-0.4, -0.2) is 13.6 Å². The molecule has 0 saturated heterocycles. The molecule has 0 aliphatic rings. The quantitative estimate of drug-likeness (QED) is 0.922. The van der Waals surface area contributed by atoms with Crippen LogP contribution in [0.5, 0.6) is 0 Å². The Balaban J connectivity index is 2.12. The average Bonchev–Trinajstić information content (AvgIpc) is 2.82. The Kier molecular flexibility index (Phi) is 4.44. The summed E-state index contributed by atoms with van der Waals surface area (Å²) >= 11 is 3.62. The molecule has 1 aromatic heterocycles. The summed E-state index contributed by atoms with van der Waals surface area (Å²) in [5.74, 6) is 0. The molecule has 0 fully saturated rings. The van der Waals surface area contributed by atoms with Gasteiger partial charge in [-0.05, 0) is 52.7 Å². The van der Waals surface area contributed by atoms with E-state index in [0.29, 0.717) is 6.54 Å². The van der Waals surface area contributed by atoms with Crippen molar-refractivity contribution < 1.29 is 4.42 Å². The minimum absolute atomic E-state index is 0.677. The number of rotatable bonds is 5. The number of furan rings is 1. The topological polar surface area (TPSA) is 42.4 Å². The second kappa shape index (κ2) is 6.07. The Labute approximate surface area is 116 Å². The number of hydrogen-bond acceptors (Lipinski definition) is 3. The highest BCUT2D eigenvalue weighted by Crippen LogP contribution is 2.27. The lowest BCUT2D eigenvalue weighted by atomic mass is 10.1. The van der Waals surface area contributed by atoms with Gasteiger partial charge in [-0.25, -0.2) is 0 Å². The molecule has 96 valence electrons. The van der Waals surface area contributed by atoms with E-state index in [0.717, 1.165) is 28.7 Å². The van der Waals surface area contributed by atoms with Gasteiger partial charge in [0.05, 0.1) is 18.2 Å². The maximum Gasteiger partial charge on any atom is 0.0952 e. The second-order valence-corrected chi connectivity index (χ2v) is 5.17. The van der Waals surface area contributed by atoms with Crippen molar-refractivity contribution >= 4 is 21.6 Å². The summed E-state index contributed by atoms with van der Waals surface area (Å²) in [5, 5.41) is 0. The van der Waals surface area contributed by atoms with Gasteiger partial charge in [-0.15, -0.1) is 0 Å². The maximum atomic E-state index is 5.56. The lowest BCUT2D eigenvalue weighted by molar-refractivity contribution is 0.563. The van der Waals surface area contributed by atoms with E-state index in [1.807, 2.05) is 6.07 Å². The van der Waals surface area contributed by atoms with Crippen LogP contribution in [0, 0.1) is 0 Å². The first kappa shape index (κ1) is 13.2. The number of halogens is 1.